The van der Waals surface area contributed by atoms with E-state index in [0.29, 0.717) is 0 Å². The van der Waals surface area contributed by atoms with E-state index in [1.807, 2.05) is 6.08 Å². The highest BCUT2D eigenvalue weighted by atomic mass is 14.3. The van der Waals surface area contributed by atoms with Gasteiger partial charge in [0.05, 0.1) is 0 Å². The van der Waals surface area contributed by atoms with Gasteiger partial charge in [-0.2, -0.15) is 0 Å². The zero-order valence-electron chi connectivity index (χ0n) is 13.7. The van der Waals surface area contributed by atoms with Crippen LogP contribution in [0.1, 0.15) is 27.8 Å². The summed E-state index contributed by atoms with van der Waals surface area (Å²) >= 11 is 0. The lowest BCUT2D eigenvalue weighted by Gasteiger charge is -2.17. The van der Waals surface area contributed by atoms with Gasteiger partial charge in [0, 0.05) is 0 Å². The summed E-state index contributed by atoms with van der Waals surface area (Å²) < 4.78 is 0. The van der Waals surface area contributed by atoms with Gasteiger partial charge in [-0.3, -0.25) is 0 Å². The van der Waals surface area contributed by atoms with Crippen LogP contribution in [0.25, 0.3) is 28.3 Å². The molecule has 4 rings (SSSR count). The van der Waals surface area contributed by atoms with Crippen molar-refractivity contribution in [2.75, 3.05) is 0 Å². The molecule has 0 nitrogen and oxygen atoms in total. The van der Waals surface area contributed by atoms with E-state index in [1.165, 1.54) is 50.1 Å². The van der Waals surface area contributed by atoms with E-state index in [4.69, 9.17) is 0 Å². The standard InChI is InChI=1S/C23H20/c1-4-17-9-5-8-12-20(17)23-16(3)15(2)13-21-19-11-7-6-10-18(19)14-22(21)23/h4-13H,1,14H2,2-3H3. The molecule has 0 saturated carbocycles. The van der Waals surface area contributed by atoms with Crippen LogP contribution >= 0.6 is 0 Å². The SMILES string of the molecule is C=Cc1ccccc1-c1c(C)c(C)cc2c1Cc1ccccc1-2. The third-order valence-electron chi connectivity index (χ3n) is 5.08. The lowest BCUT2D eigenvalue weighted by atomic mass is 9.87. The Hall–Kier alpha value is -2.60. The van der Waals surface area contributed by atoms with Crippen molar-refractivity contribution in [2.24, 2.45) is 0 Å². The molecular weight excluding hydrogens is 276 g/mol. The molecule has 3 aromatic rings. The van der Waals surface area contributed by atoms with Crippen LogP contribution in [0, 0.1) is 13.8 Å². The van der Waals surface area contributed by atoms with E-state index in [0.717, 1.165) is 6.42 Å². The molecule has 0 atom stereocenters. The van der Waals surface area contributed by atoms with E-state index in [2.05, 4.69) is 75.0 Å². The summed E-state index contributed by atoms with van der Waals surface area (Å²) in [7, 11) is 0. The van der Waals surface area contributed by atoms with E-state index in [-0.39, 0.29) is 0 Å². The minimum atomic E-state index is 1.02. The van der Waals surface area contributed by atoms with E-state index < -0.39 is 0 Å². The molecule has 1 aliphatic carbocycles. The van der Waals surface area contributed by atoms with Crippen LogP contribution in [0.2, 0.25) is 0 Å². The maximum Gasteiger partial charge on any atom is -0.000718 e. The second-order valence-electron chi connectivity index (χ2n) is 6.34. The molecule has 0 bridgehead atoms. The zero-order valence-corrected chi connectivity index (χ0v) is 13.7. The van der Waals surface area contributed by atoms with Gasteiger partial charge in [-0.15, -0.1) is 0 Å². The minimum absolute atomic E-state index is 1.02. The zero-order chi connectivity index (χ0) is 16.0. The molecule has 0 heteroatoms. The Bertz CT molecular complexity index is 929. The number of aryl methyl sites for hydroxylation is 1. The van der Waals surface area contributed by atoms with Crippen molar-refractivity contribution in [1.82, 2.24) is 0 Å². The second-order valence-corrected chi connectivity index (χ2v) is 6.34. The Morgan fingerprint density at radius 2 is 1.57 bits per heavy atom. The molecule has 0 saturated heterocycles. The predicted octanol–water partition coefficient (Wildman–Crippen LogP) is 6.18. The Balaban J connectivity index is 2.06. The summed E-state index contributed by atoms with van der Waals surface area (Å²) in [6.07, 6.45) is 2.99. The molecule has 3 aromatic carbocycles. The first-order chi connectivity index (χ1) is 11.2. The number of fused-ring (bicyclic) bond motifs is 3. The molecule has 23 heavy (non-hydrogen) atoms. The average Bonchev–Trinajstić information content (AvgIpc) is 2.94. The van der Waals surface area contributed by atoms with Crippen molar-refractivity contribution in [2.45, 2.75) is 20.3 Å². The highest BCUT2D eigenvalue weighted by Gasteiger charge is 2.24. The first-order valence-corrected chi connectivity index (χ1v) is 8.14. The highest BCUT2D eigenvalue weighted by molar-refractivity contribution is 5.89. The van der Waals surface area contributed by atoms with Crippen LogP contribution in [-0.4, -0.2) is 0 Å². The van der Waals surface area contributed by atoms with Crippen molar-refractivity contribution in [3.8, 4) is 22.3 Å². The van der Waals surface area contributed by atoms with Gasteiger partial charge in [0.1, 0.15) is 0 Å². The third kappa shape index (κ3) is 2.06. The average molecular weight is 296 g/mol. The van der Waals surface area contributed by atoms with Crippen molar-refractivity contribution < 1.29 is 0 Å². The largest absolute Gasteiger partial charge is 0.0984 e. The van der Waals surface area contributed by atoms with Crippen LogP contribution in [0.3, 0.4) is 0 Å². The molecule has 0 fully saturated rings. The first kappa shape index (κ1) is 14.0. The summed E-state index contributed by atoms with van der Waals surface area (Å²) in [5.74, 6) is 0. The fraction of sp³-hybridized carbons (Fsp3) is 0.130. The summed E-state index contributed by atoms with van der Waals surface area (Å²) in [4.78, 5) is 0. The minimum Gasteiger partial charge on any atom is -0.0984 e. The molecule has 0 aromatic heterocycles. The maximum atomic E-state index is 4.00. The molecule has 0 radical (unpaired) electrons. The number of rotatable bonds is 2. The van der Waals surface area contributed by atoms with Gasteiger partial charge in [0.2, 0.25) is 0 Å². The van der Waals surface area contributed by atoms with Gasteiger partial charge < -0.3 is 0 Å². The van der Waals surface area contributed by atoms with E-state index >= 15 is 0 Å². The van der Waals surface area contributed by atoms with Crippen molar-refractivity contribution in [1.29, 1.82) is 0 Å². The fourth-order valence-corrected chi connectivity index (χ4v) is 3.79. The van der Waals surface area contributed by atoms with E-state index in [1.54, 1.807) is 0 Å². The van der Waals surface area contributed by atoms with Crippen LogP contribution in [0.4, 0.5) is 0 Å². The molecule has 0 unspecified atom stereocenters. The lowest BCUT2D eigenvalue weighted by molar-refractivity contribution is 1.23. The molecule has 0 heterocycles. The Kier molecular flexibility index (Phi) is 3.20. The smallest absolute Gasteiger partial charge is 0.000718 e. The number of hydrogen-bond donors (Lipinski definition) is 0. The monoisotopic (exact) mass is 296 g/mol. The third-order valence-corrected chi connectivity index (χ3v) is 5.08. The second kappa shape index (κ2) is 5.24. The van der Waals surface area contributed by atoms with Gasteiger partial charge >= 0.3 is 0 Å². The number of hydrogen-bond acceptors (Lipinski definition) is 0. The van der Waals surface area contributed by atoms with Gasteiger partial charge in [0.25, 0.3) is 0 Å². The van der Waals surface area contributed by atoms with E-state index in [9.17, 15) is 0 Å². The van der Waals surface area contributed by atoms with Gasteiger partial charge in [-0.05, 0) is 70.3 Å². The Morgan fingerprint density at radius 1 is 0.870 bits per heavy atom. The Labute approximate surface area is 138 Å². The highest BCUT2D eigenvalue weighted by Crippen LogP contribution is 2.44. The number of benzene rings is 3. The predicted molar refractivity (Wildman–Crippen MR) is 99.7 cm³/mol. The summed E-state index contributed by atoms with van der Waals surface area (Å²) in [6.45, 7) is 8.46. The maximum absolute atomic E-state index is 4.00. The summed E-state index contributed by atoms with van der Waals surface area (Å²) in [5, 5.41) is 0. The molecule has 1 aliphatic rings. The van der Waals surface area contributed by atoms with Crippen LogP contribution in [0.15, 0.2) is 61.2 Å². The van der Waals surface area contributed by atoms with Crippen molar-refractivity contribution in [3.63, 3.8) is 0 Å². The van der Waals surface area contributed by atoms with Crippen LogP contribution in [-0.2, 0) is 6.42 Å². The van der Waals surface area contributed by atoms with Gasteiger partial charge in [0.15, 0.2) is 0 Å². The summed E-state index contributed by atoms with van der Waals surface area (Å²) in [6, 6.07) is 19.7. The molecule has 0 aliphatic heterocycles. The molecular formula is C23H20. The van der Waals surface area contributed by atoms with Crippen molar-refractivity contribution >= 4 is 6.08 Å². The lowest BCUT2D eigenvalue weighted by Crippen LogP contribution is -1.96. The van der Waals surface area contributed by atoms with Gasteiger partial charge in [-0.25, -0.2) is 0 Å². The Morgan fingerprint density at radius 3 is 2.35 bits per heavy atom. The first-order valence-electron chi connectivity index (χ1n) is 8.14. The van der Waals surface area contributed by atoms with Crippen LogP contribution in [0.5, 0.6) is 0 Å². The quantitative estimate of drug-likeness (QED) is 0.414. The van der Waals surface area contributed by atoms with Crippen LogP contribution < -0.4 is 0 Å². The normalized spacial score (nSPS) is 11.9. The fourth-order valence-electron chi connectivity index (χ4n) is 3.79. The summed E-state index contributed by atoms with van der Waals surface area (Å²) in [5.41, 5.74) is 12.3. The molecule has 0 spiro atoms. The van der Waals surface area contributed by atoms with Gasteiger partial charge in [-0.1, -0.05) is 67.3 Å². The van der Waals surface area contributed by atoms with Crippen molar-refractivity contribution in [3.05, 3.63) is 89.0 Å². The molecule has 0 N–H and O–H groups in total. The molecule has 0 amide bonds. The topological polar surface area (TPSA) is 0 Å². The molecule has 112 valence electrons.